The second-order valence-electron chi connectivity index (χ2n) is 4.26. The topological polar surface area (TPSA) is 39.1 Å². The van der Waals surface area contributed by atoms with Crippen molar-refractivity contribution in [2.45, 2.75) is 6.10 Å². The van der Waals surface area contributed by atoms with Crippen molar-refractivity contribution in [1.29, 1.82) is 0 Å². The third kappa shape index (κ3) is 3.23. The summed E-state index contributed by atoms with van der Waals surface area (Å²) in [6.07, 6.45) is 1.95. The first kappa shape index (κ1) is 16.7. The van der Waals surface area contributed by atoms with Gasteiger partial charge in [0.1, 0.15) is 11.8 Å². The monoisotopic (exact) mass is 367 g/mol. The fourth-order valence-electron chi connectivity index (χ4n) is 2.28. The molecule has 1 saturated heterocycles. The molecule has 0 bridgehead atoms. The molecular formula is C12H16BrCl2N3O. The van der Waals surface area contributed by atoms with E-state index in [9.17, 15) is 0 Å². The van der Waals surface area contributed by atoms with Crippen molar-refractivity contribution in [3.8, 4) is 0 Å². The molecule has 2 aromatic heterocycles. The lowest BCUT2D eigenvalue weighted by atomic mass is 10.2. The third-order valence-corrected chi connectivity index (χ3v) is 3.56. The molecule has 0 saturated carbocycles. The van der Waals surface area contributed by atoms with E-state index in [4.69, 9.17) is 4.74 Å². The molecule has 0 spiro atoms. The molecule has 0 aliphatic carbocycles. The number of rotatable bonds is 1. The maximum absolute atomic E-state index is 5.78. The van der Waals surface area contributed by atoms with Crippen LogP contribution in [0.1, 0.15) is 11.8 Å². The molecule has 1 atom stereocenters. The first-order valence-electron chi connectivity index (χ1n) is 5.69. The lowest BCUT2D eigenvalue weighted by molar-refractivity contribution is 0.0235. The number of nitrogens with zero attached hydrogens (tertiary/aromatic N) is 2. The highest BCUT2D eigenvalue weighted by Gasteiger charge is 2.20. The van der Waals surface area contributed by atoms with E-state index < -0.39 is 0 Å². The second kappa shape index (κ2) is 6.90. The van der Waals surface area contributed by atoms with E-state index in [2.05, 4.69) is 42.9 Å². The zero-order chi connectivity index (χ0) is 11.8. The van der Waals surface area contributed by atoms with Crippen molar-refractivity contribution >= 4 is 51.8 Å². The summed E-state index contributed by atoms with van der Waals surface area (Å²) in [5.41, 5.74) is 2.18. The van der Waals surface area contributed by atoms with Gasteiger partial charge in [0.05, 0.1) is 12.3 Å². The lowest BCUT2D eigenvalue weighted by Gasteiger charge is -2.24. The minimum atomic E-state index is 0. The van der Waals surface area contributed by atoms with E-state index in [0.717, 1.165) is 35.2 Å². The molecule has 0 aromatic carbocycles. The molecule has 19 heavy (non-hydrogen) atoms. The standard InChI is InChI=1S/C12H14BrN3O.2ClH/c1-16-10(11-7-14-2-3-17-11)5-8-4-9(13)6-15-12(8)16;;/h4-6,11,14H,2-3,7H2,1H3;2*1H. The number of ether oxygens (including phenoxy) is 1. The van der Waals surface area contributed by atoms with Crippen molar-refractivity contribution in [2.75, 3.05) is 19.7 Å². The number of morpholine rings is 1. The van der Waals surface area contributed by atoms with Crippen LogP contribution in [0.4, 0.5) is 0 Å². The Hall–Kier alpha value is -0.330. The van der Waals surface area contributed by atoms with Crippen LogP contribution in [0.5, 0.6) is 0 Å². The lowest BCUT2D eigenvalue weighted by Crippen LogP contribution is -2.34. The van der Waals surface area contributed by atoms with Gasteiger partial charge in [-0.05, 0) is 28.1 Å². The van der Waals surface area contributed by atoms with Gasteiger partial charge in [0.15, 0.2) is 0 Å². The van der Waals surface area contributed by atoms with Gasteiger partial charge in [-0.15, -0.1) is 24.8 Å². The van der Waals surface area contributed by atoms with Crippen molar-refractivity contribution in [2.24, 2.45) is 7.05 Å². The largest absolute Gasteiger partial charge is 0.369 e. The number of aryl methyl sites for hydroxylation is 1. The fraction of sp³-hybridized carbons (Fsp3) is 0.417. The Morgan fingerprint density at radius 3 is 2.89 bits per heavy atom. The molecule has 106 valence electrons. The normalized spacial score (nSPS) is 18.7. The predicted octanol–water partition coefficient (Wildman–Crippen LogP) is 2.84. The molecule has 7 heteroatoms. The van der Waals surface area contributed by atoms with E-state index in [1.165, 1.54) is 5.69 Å². The average Bonchev–Trinajstić information content (AvgIpc) is 2.67. The number of aromatic nitrogens is 2. The minimum Gasteiger partial charge on any atom is -0.369 e. The molecule has 2 aromatic rings. The van der Waals surface area contributed by atoms with Gasteiger partial charge < -0.3 is 14.6 Å². The maximum atomic E-state index is 5.78. The van der Waals surface area contributed by atoms with Crippen molar-refractivity contribution in [3.05, 3.63) is 28.5 Å². The van der Waals surface area contributed by atoms with Gasteiger partial charge in [-0.25, -0.2) is 4.98 Å². The Morgan fingerprint density at radius 1 is 1.42 bits per heavy atom. The van der Waals surface area contributed by atoms with Crippen molar-refractivity contribution < 1.29 is 4.74 Å². The number of fused-ring (bicyclic) bond motifs is 1. The summed E-state index contributed by atoms with van der Waals surface area (Å²) in [5.74, 6) is 0. The van der Waals surface area contributed by atoms with Gasteiger partial charge in [0.2, 0.25) is 0 Å². The first-order valence-corrected chi connectivity index (χ1v) is 6.48. The highest BCUT2D eigenvalue weighted by atomic mass is 79.9. The van der Waals surface area contributed by atoms with Gasteiger partial charge in [-0.3, -0.25) is 0 Å². The summed E-state index contributed by atoms with van der Waals surface area (Å²) in [4.78, 5) is 4.44. The van der Waals surface area contributed by atoms with E-state index >= 15 is 0 Å². The SMILES string of the molecule is Cl.Cl.Cn1c(C2CNCCO2)cc2cc(Br)cnc21. The summed E-state index contributed by atoms with van der Waals surface area (Å²) in [6, 6.07) is 4.24. The van der Waals surface area contributed by atoms with Crippen LogP contribution >= 0.6 is 40.7 Å². The Kier molecular flexibility index (Phi) is 6.08. The fourth-order valence-corrected chi connectivity index (χ4v) is 2.63. The summed E-state index contributed by atoms with van der Waals surface area (Å²) >= 11 is 3.45. The van der Waals surface area contributed by atoms with E-state index in [0.29, 0.717) is 0 Å². The van der Waals surface area contributed by atoms with Crippen molar-refractivity contribution in [3.63, 3.8) is 0 Å². The maximum Gasteiger partial charge on any atom is 0.139 e. The number of pyridine rings is 1. The molecule has 3 rings (SSSR count). The summed E-state index contributed by atoms with van der Waals surface area (Å²) in [5, 5.41) is 4.49. The Labute approximate surface area is 132 Å². The van der Waals surface area contributed by atoms with Gasteiger partial charge >= 0.3 is 0 Å². The van der Waals surface area contributed by atoms with E-state index in [-0.39, 0.29) is 30.9 Å². The molecule has 0 amide bonds. The third-order valence-electron chi connectivity index (χ3n) is 3.13. The Balaban J connectivity index is 0.000000902. The smallest absolute Gasteiger partial charge is 0.139 e. The van der Waals surface area contributed by atoms with Crippen LogP contribution in [0.15, 0.2) is 22.8 Å². The Morgan fingerprint density at radius 2 is 2.21 bits per heavy atom. The van der Waals surface area contributed by atoms with Crippen LogP contribution in [0.25, 0.3) is 11.0 Å². The van der Waals surface area contributed by atoms with Crippen LogP contribution in [-0.4, -0.2) is 29.2 Å². The van der Waals surface area contributed by atoms with Crippen LogP contribution in [0.2, 0.25) is 0 Å². The predicted molar refractivity (Wildman–Crippen MR) is 84.5 cm³/mol. The summed E-state index contributed by atoms with van der Waals surface area (Å²) in [7, 11) is 2.04. The summed E-state index contributed by atoms with van der Waals surface area (Å²) < 4.78 is 8.90. The van der Waals surface area contributed by atoms with E-state index in [1.807, 2.05) is 13.2 Å². The van der Waals surface area contributed by atoms with Crippen molar-refractivity contribution in [1.82, 2.24) is 14.9 Å². The molecule has 1 N–H and O–H groups in total. The Bertz CT molecular complexity index is 555. The van der Waals surface area contributed by atoms with Gasteiger partial charge in [-0.1, -0.05) is 0 Å². The van der Waals surface area contributed by atoms with Crippen LogP contribution in [-0.2, 0) is 11.8 Å². The molecule has 1 aliphatic heterocycles. The number of nitrogens with one attached hydrogen (secondary N) is 1. The zero-order valence-electron chi connectivity index (χ0n) is 10.4. The van der Waals surface area contributed by atoms with Crippen LogP contribution < -0.4 is 5.32 Å². The molecule has 4 nitrogen and oxygen atoms in total. The number of hydrogen-bond acceptors (Lipinski definition) is 3. The highest BCUT2D eigenvalue weighted by molar-refractivity contribution is 9.10. The van der Waals surface area contributed by atoms with E-state index in [1.54, 1.807) is 0 Å². The summed E-state index contributed by atoms with van der Waals surface area (Å²) in [6.45, 7) is 2.57. The highest BCUT2D eigenvalue weighted by Crippen LogP contribution is 2.26. The molecule has 0 radical (unpaired) electrons. The van der Waals surface area contributed by atoms with Gasteiger partial charge in [-0.2, -0.15) is 0 Å². The van der Waals surface area contributed by atoms with Crippen LogP contribution in [0.3, 0.4) is 0 Å². The molecule has 1 aliphatic rings. The van der Waals surface area contributed by atoms with Crippen LogP contribution in [0, 0.1) is 0 Å². The molecule has 1 unspecified atom stereocenters. The van der Waals surface area contributed by atoms with Gasteiger partial charge in [0.25, 0.3) is 0 Å². The quantitative estimate of drug-likeness (QED) is 0.841. The number of hydrogen-bond donors (Lipinski definition) is 1. The minimum absolute atomic E-state index is 0. The second-order valence-corrected chi connectivity index (χ2v) is 5.17. The molecule has 1 fully saturated rings. The first-order chi connectivity index (χ1) is 8.25. The zero-order valence-corrected chi connectivity index (χ0v) is 13.6. The van der Waals surface area contributed by atoms with Gasteiger partial charge in [0, 0.05) is 36.2 Å². The molecular weight excluding hydrogens is 353 g/mol. The average molecular weight is 369 g/mol. The number of halogens is 3. The molecule has 3 heterocycles.